The van der Waals surface area contributed by atoms with Gasteiger partial charge in [-0.1, -0.05) is 6.42 Å². The number of hydrogen-bond acceptors (Lipinski definition) is 2. The number of rotatable bonds is 2. The molecule has 0 aromatic heterocycles. The normalized spacial score (nSPS) is 39.6. The van der Waals surface area contributed by atoms with Crippen LogP contribution in [0.4, 0.5) is 0 Å². The summed E-state index contributed by atoms with van der Waals surface area (Å²) in [4.78, 5) is 0. The van der Waals surface area contributed by atoms with Crippen LogP contribution < -0.4 is 0 Å². The van der Waals surface area contributed by atoms with Crippen LogP contribution in [-0.2, 0) is 9.16 Å². The Hall–Kier alpha value is 0.137. The average molecular weight is 158 g/mol. The molecule has 0 amide bonds. The predicted octanol–water partition coefficient (Wildman–Crippen LogP) is 0.919. The third kappa shape index (κ3) is 1.81. The molecule has 0 aromatic carbocycles. The fourth-order valence-corrected chi connectivity index (χ4v) is 4.13. The van der Waals surface area contributed by atoms with Crippen LogP contribution in [0.2, 0.25) is 12.1 Å². The first-order valence-corrected chi connectivity index (χ1v) is 6.29. The Morgan fingerprint density at radius 1 is 1.40 bits per heavy atom. The minimum absolute atomic E-state index is 0.606. The standard InChI is InChI=1S/C7H14O2Si/c1-2-4-10(9-3-1)6-7-5-8-7/h7,10H,1-6H2. The van der Waals surface area contributed by atoms with E-state index in [1.165, 1.54) is 24.9 Å². The van der Waals surface area contributed by atoms with Crippen LogP contribution in [0.1, 0.15) is 12.8 Å². The van der Waals surface area contributed by atoms with Gasteiger partial charge in [0, 0.05) is 6.61 Å². The Labute approximate surface area is 63.2 Å². The zero-order valence-corrected chi connectivity index (χ0v) is 7.37. The smallest absolute Gasteiger partial charge is 0.179 e. The molecule has 2 saturated heterocycles. The Balaban J connectivity index is 1.69. The maximum Gasteiger partial charge on any atom is 0.179 e. The molecule has 0 aromatic rings. The van der Waals surface area contributed by atoms with Crippen molar-refractivity contribution in [2.45, 2.75) is 31.0 Å². The molecule has 2 rings (SSSR count). The van der Waals surface area contributed by atoms with Gasteiger partial charge in [0.1, 0.15) is 0 Å². The van der Waals surface area contributed by atoms with Gasteiger partial charge in [-0.25, -0.2) is 0 Å². The summed E-state index contributed by atoms with van der Waals surface area (Å²) in [5, 5.41) is 0. The van der Waals surface area contributed by atoms with E-state index in [1.807, 2.05) is 0 Å². The molecule has 0 saturated carbocycles. The van der Waals surface area contributed by atoms with E-state index in [-0.39, 0.29) is 0 Å². The Bertz CT molecular complexity index is 108. The van der Waals surface area contributed by atoms with Crippen LogP contribution in [0.5, 0.6) is 0 Å². The molecule has 58 valence electrons. The van der Waals surface area contributed by atoms with Gasteiger partial charge in [0.2, 0.25) is 0 Å². The van der Waals surface area contributed by atoms with Crippen molar-refractivity contribution in [3.05, 3.63) is 0 Å². The largest absolute Gasteiger partial charge is 0.420 e. The lowest BCUT2D eigenvalue weighted by Crippen LogP contribution is -2.24. The lowest BCUT2D eigenvalue weighted by atomic mass is 10.4. The lowest BCUT2D eigenvalue weighted by Gasteiger charge is -2.19. The average Bonchev–Trinajstić information content (AvgIpc) is 2.74. The van der Waals surface area contributed by atoms with Gasteiger partial charge in [-0.3, -0.25) is 0 Å². The molecule has 0 aliphatic carbocycles. The molecular weight excluding hydrogens is 144 g/mol. The summed E-state index contributed by atoms with van der Waals surface area (Å²) in [6.45, 7) is 2.04. The first-order chi connectivity index (χ1) is 4.95. The predicted molar refractivity (Wildman–Crippen MR) is 41.7 cm³/mol. The highest BCUT2D eigenvalue weighted by atomic mass is 28.3. The van der Waals surface area contributed by atoms with Crippen LogP contribution in [0, 0.1) is 0 Å². The molecule has 2 unspecified atom stereocenters. The van der Waals surface area contributed by atoms with Gasteiger partial charge in [-0.15, -0.1) is 0 Å². The number of epoxide rings is 1. The fourth-order valence-electron chi connectivity index (χ4n) is 1.49. The molecule has 2 nitrogen and oxygen atoms in total. The highest BCUT2D eigenvalue weighted by Gasteiger charge is 2.29. The Kier molecular flexibility index (Phi) is 2.07. The van der Waals surface area contributed by atoms with Crippen molar-refractivity contribution < 1.29 is 9.16 Å². The van der Waals surface area contributed by atoms with Crippen LogP contribution in [-0.4, -0.2) is 28.4 Å². The van der Waals surface area contributed by atoms with E-state index < -0.39 is 9.04 Å². The van der Waals surface area contributed by atoms with E-state index in [2.05, 4.69) is 0 Å². The molecule has 0 bridgehead atoms. The highest BCUT2D eigenvalue weighted by Crippen LogP contribution is 2.22. The van der Waals surface area contributed by atoms with Crippen molar-refractivity contribution in [3.8, 4) is 0 Å². The molecule has 3 heteroatoms. The lowest BCUT2D eigenvalue weighted by molar-refractivity contribution is 0.282. The van der Waals surface area contributed by atoms with Gasteiger partial charge in [0.25, 0.3) is 0 Å². The number of hydrogen-bond donors (Lipinski definition) is 0. The van der Waals surface area contributed by atoms with Crippen molar-refractivity contribution >= 4 is 9.04 Å². The van der Waals surface area contributed by atoms with Gasteiger partial charge in [0.15, 0.2) is 9.04 Å². The van der Waals surface area contributed by atoms with Gasteiger partial charge in [-0.2, -0.15) is 0 Å². The van der Waals surface area contributed by atoms with Crippen molar-refractivity contribution in [3.63, 3.8) is 0 Å². The van der Waals surface area contributed by atoms with Crippen molar-refractivity contribution in [1.82, 2.24) is 0 Å². The van der Waals surface area contributed by atoms with E-state index >= 15 is 0 Å². The van der Waals surface area contributed by atoms with E-state index in [0.717, 1.165) is 13.2 Å². The van der Waals surface area contributed by atoms with E-state index in [0.29, 0.717) is 6.10 Å². The summed E-state index contributed by atoms with van der Waals surface area (Å²) in [6, 6.07) is 2.67. The first kappa shape index (κ1) is 6.82. The van der Waals surface area contributed by atoms with Crippen LogP contribution in [0.25, 0.3) is 0 Å². The molecule has 2 aliphatic heterocycles. The second-order valence-corrected chi connectivity index (χ2v) is 5.81. The maximum atomic E-state index is 5.69. The van der Waals surface area contributed by atoms with E-state index in [4.69, 9.17) is 9.16 Å². The molecule has 2 heterocycles. The van der Waals surface area contributed by atoms with Crippen LogP contribution in [0.3, 0.4) is 0 Å². The van der Waals surface area contributed by atoms with Gasteiger partial charge < -0.3 is 9.16 Å². The van der Waals surface area contributed by atoms with Crippen LogP contribution in [0.15, 0.2) is 0 Å². The Morgan fingerprint density at radius 3 is 2.90 bits per heavy atom. The Morgan fingerprint density at radius 2 is 2.30 bits per heavy atom. The third-order valence-electron chi connectivity index (χ3n) is 2.20. The molecule has 0 radical (unpaired) electrons. The molecule has 2 atom stereocenters. The quantitative estimate of drug-likeness (QED) is 0.440. The van der Waals surface area contributed by atoms with Crippen molar-refractivity contribution in [2.24, 2.45) is 0 Å². The molecule has 0 N–H and O–H groups in total. The number of ether oxygens (including phenoxy) is 1. The minimum atomic E-state index is -0.747. The maximum absolute atomic E-state index is 5.69. The van der Waals surface area contributed by atoms with Crippen molar-refractivity contribution in [2.75, 3.05) is 13.2 Å². The van der Waals surface area contributed by atoms with E-state index in [1.54, 1.807) is 0 Å². The fraction of sp³-hybridized carbons (Fsp3) is 1.00. The SMILES string of the molecule is C1CC[SiH](CC2CO2)OC1. The third-order valence-corrected chi connectivity index (χ3v) is 5.01. The molecule has 2 aliphatic rings. The summed E-state index contributed by atoms with van der Waals surface area (Å²) in [6.07, 6.45) is 3.30. The monoisotopic (exact) mass is 158 g/mol. The molecular formula is C7H14O2Si. The molecule has 10 heavy (non-hydrogen) atoms. The molecule has 2 fully saturated rings. The second kappa shape index (κ2) is 3.03. The first-order valence-electron chi connectivity index (χ1n) is 4.18. The van der Waals surface area contributed by atoms with Gasteiger partial charge in [-0.05, 0) is 18.5 Å². The zero-order chi connectivity index (χ0) is 6.81. The summed E-state index contributed by atoms with van der Waals surface area (Å²) in [5.41, 5.74) is 0. The van der Waals surface area contributed by atoms with Crippen molar-refractivity contribution in [1.29, 1.82) is 0 Å². The highest BCUT2D eigenvalue weighted by molar-refractivity contribution is 6.52. The van der Waals surface area contributed by atoms with E-state index in [9.17, 15) is 0 Å². The second-order valence-electron chi connectivity index (χ2n) is 3.18. The zero-order valence-electron chi connectivity index (χ0n) is 6.21. The summed E-state index contributed by atoms with van der Waals surface area (Å²) >= 11 is 0. The van der Waals surface area contributed by atoms with Gasteiger partial charge >= 0.3 is 0 Å². The molecule has 0 spiro atoms. The topological polar surface area (TPSA) is 21.8 Å². The summed E-state index contributed by atoms with van der Waals surface area (Å²) in [7, 11) is -0.747. The van der Waals surface area contributed by atoms with Gasteiger partial charge in [0.05, 0.1) is 12.7 Å². The minimum Gasteiger partial charge on any atom is -0.420 e. The van der Waals surface area contributed by atoms with Crippen LogP contribution >= 0.6 is 0 Å². The summed E-state index contributed by atoms with van der Waals surface area (Å²) in [5.74, 6) is 0. The summed E-state index contributed by atoms with van der Waals surface area (Å²) < 4.78 is 10.9.